The minimum atomic E-state index is 0. The van der Waals surface area contributed by atoms with Crippen LogP contribution in [0, 0.1) is 0 Å². The second-order valence-electron chi connectivity index (χ2n) is 7.12. The fourth-order valence-corrected chi connectivity index (χ4v) is 3.68. The molecule has 0 aliphatic carbocycles. The Labute approximate surface area is 206 Å². The summed E-state index contributed by atoms with van der Waals surface area (Å²) in [6.45, 7) is 5.35. The van der Waals surface area contributed by atoms with Crippen LogP contribution in [-0.2, 0) is 11.2 Å². The van der Waals surface area contributed by atoms with Crippen molar-refractivity contribution in [1.82, 2.24) is 10.2 Å². The number of benzene rings is 1. The van der Waals surface area contributed by atoms with Crippen molar-refractivity contribution in [3.63, 3.8) is 0 Å². The number of nitrogens with one attached hydrogen (secondary N) is 2. The number of fused-ring (bicyclic) bond motifs is 1. The molecule has 7 nitrogen and oxygen atoms in total. The Morgan fingerprint density at radius 3 is 2.81 bits per heavy atom. The zero-order valence-corrected chi connectivity index (χ0v) is 21.4. The van der Waals surface area contributed by atoms with Gasteiger partial charge in [-0.15, -0.1) is 35.3 Å². The van der Waals surface area contributed by atoms with Crippen molar-refractivity contribution in [1.29, 1.82) is 0 Å². The van der Waals surface area contributed by atoms with Gasteiger partial charge in [-0.25, -0.2) is 0 Å². The number of nitrogens with zero attached hydrogens (tertiary/aromatic N) is 2. The topological polar surface area (TPSA) is 67.4 Å². The van der Waals surface area contributed by atoms with E-state index in [0.717, 1.165) is 62.2 Å². The van der Waals surface area contributed by atoms with E-state index in [1.165, 1.54) is 4.88 Å². The van der Waals surface area contributed by atoms with Gasteiger partial charge in [0.05, 0.1) is 26.4 Å². The van der Waals surface area contributed by atoms with E-state index in [1.807, 2.05) is 18.2 Å². The molecular weight excluding hydrogens is 527 g/mol. The van der Waals surface area contributed by atoms with Crippen LogP contribution in [0.1, 0.15) is 11.3 Å². The molecule has 2 aromatic rings. The smallest absolute Gasteiger partial charge is 0.195 e. The van der Waals surface area contributed by atoms with Gasteiger partial charge in [-0.05, 0) is 37.0 Å². The molecule has 1 aromatic carbocycles. The predicted octanol–water partition coefficient (Wildman–Crippen LogP) is 3.71. The van der Waals surface area contributed by atoms with E-state index in [-0.39, 0.29) is 24.0 Å². The molecule has 3 rings (SSSR count). The summed E-state index contributed by atoms with van der Waals surface area (Å²) >= 11 is 1.78. The number of likely N-dealkylation sites (N-methyl/N-ethyl adjacent to an activating group) is 1. The second kappa shape index (κ2) is 14.5. The third-order valence-electron chi connectivity index (χ3n) is 4.68. The first kappa shape index (κ1) is 25.7. The Bertz CT molecular complexity index is 789. The summed E-state index contributed by atoms with van der Waals surface area (Å²) in [6, 6.07) is 10.2. The fraction of sp³-hybridized carbons (Fsp3) is 0.500. The van der Waals surface area contributed by atoms with Gasteiger partial charge in [0.25, 0.3) is 0 Å². The van der Waals surface area contributed by atoms with Crippen molar-refractivity contribution < 1.29 is 14.2 Å². The summed E-state index contributed by atoms with van der Waals surface area (Å²) in [6.07, 6.45) is 1.86. The minimum absolute atomic E-state index is 0. The molecule has 2 N–H and O–H groups in total. The number of hydrogen-bond acceptors (Lipinski definition) is 6. The first-order valence-electron chi connectivity index (χ1n) is 10.4. The first-order chi connectivity index (χ1) is 14.7. The fourth-order valence-electron chi connectivity index (χ4n) is 2.97. The Balaban J connectivity index is 0.00000341. The Hall–Kier alpha value is -1.56. The number of ether oxygens (including phenoxy) is 3. The summed E-state index contributed by atoms with van der Waals surface area (Å²) in [5.41, 5.74) is 0.925. The predicted molar refractivity (Wildman–Crippen MR) is 139 cm³/mol. The van der Waals surface area contributed by atoms with Gasteiger partial charge in [0.2, 0.25) is 0 Å². The maximum Gasteiger partial charge on any atom is 0.195 e. The molecule has 1 aliphatic heterocycles. The quantitative estimate of drug-likeness (QED) is 0.263. The zero-order chi connectivity index (χ0) is 21.0. The first-order valence-corrected chi connectivity index (χ1v) is 11.3. The van der Waals surface area contributed by atoms with Crippen LogP contribution >= 0.6 is 35.3 Å². The van der Waals surface area contributed by atoms with Crippen LogP contribution in [-0.4, -0.2) is 71.0 Å². The van der Waals surface area contributed by atoms with E-state index in [0.29, 0.717) is 19.8 Å². The molecule has 172 valence electrons. The molecule has 0 amide bonds. The SMILES string of the molecule is COCCN(C)CCN=C(NCCc1cccs1)Nc1ccc2c(c1)OCCCO2.I. The van der Waals surface area contributed by atoms with Crippen LogP contribution in [0.3, 0.4) is 0 Å². The number of anilines is 1. The lowest BCUT2D eigenvalue weighted by Crippen LogP contribution is -2.33. The van der Waals surface area contributed by atoms with Gasteiger partial charge in [0, 0.05) is 49.8 Å². The van der Waals surface area contributed by atoms with Gasteiger partial charge in [-0.1, -0.05) is 6.07 Å². The standard InChI is InChI=1S/C22H32N4O3S.HI/c1-26(12-15-27-2)11-10-24-22(23-9-8-19-5-3-16-30-19)25-18-6-7-20-21(17-18)29-14-4-13-28-20;/h3,5-7,16-17H,4,8-15H2,1-2H3,(H2,23,24,25);1H. The highest BCUT2D eigenvalue weighted by molar-refractivity contribution is 14.0. The average molecular weight is 561 g/mol. The van der Waals surface area contributed by atoms with Crippen LogP contribution in [0.2, 0.25) is 0 Å². The molecule has 0 bridgehead atoms. The van der Waals surface area contributed by atoms with Gasteiger partial charge in [-0.2, -0.15) is 0 Å². The summed E-state index contributed by atoms with van der Waals surface area (Å²) in [4.78, 5) is 8.33. The van der Waals surface area contributed by atoms with Gasteiger partial charge >= 0.3 is 0 Å². The number of thiophene rings is 1. The van der Waals surface area contributed by atoms with Crippen LogP contribution in [0.25, 0.3) is 0 Å². The van der Waals surface area contributed by atoms with Crippen molar-refractivity contribution in [2.24, 2.45) is 4.99 Å². The highest BCUT2D eigenvalue weighted by Gasteiger charge is 2.11. The molecule has 0 saturated carbocycles. The minimum Gasteiger partial charge on any atom is -0.490 e. The molecule has 1 aliphatic rings. The van der Waals surface area contributed by atoms with Crippen molar-refractivity contribution in [3.05, 3.63) is 40.6 Å². The molecule has 1 aromatic heterocycles. The van der Waals surface area contributed by atoms with E-state index >= 15 is 0 Å². The molecule has 0 saturated heterocycles. The van der Waals surface area contributed by atoms with Crippen molar-refractivity contribution in [2.75, 3.05) is 65.5 Å². The van der Waals surface area contributed by atoms with E-state index in [2.05, 4.69) is 40.1 Å². The summed E-state index contributed by atoms with van der Waals surface area (Å²) in [5, 5.41) is 8.96. The van der Waals surface area contributed by atoms with Crippen LogP contribution in [0.4, 0.5) is 5.69 Å². The zero-order valence-electron chi connectivity index (χ0n) is 18.3. The van der Waals surface area contributed by atoms with E-state index < -0.39 is 0 Å². The second-order valence-corrected chi connectivity index (χ2v) is 8.15. The van der Waals surface area contributed by atoms with E-state index in [4.69, 9.17) is 19.2 Å². The highest BCUT2D eigenvalue weighted by Crippen LogP contribution is 2.32. The molecule has 0 unspecified atom stereocenters. The lowest BCUT2D eigenvalue weighted by molar-refractivity contribution is 0.163. The van der Waals surface area contributed by atoms with Crippen LogP contribution < -0.4 is 20.1 Å². The third kappa shape index (κ3) is 9.22. The third-order valence-corrected chi connectivity index (χ3v) is 5.62. The highest BCUT2D eigenvalue weighted by atomic mass is 127. The lowest BCUT2D eigenvalue weighted by atomic mass is 10.2. The number of methoxy groups -OCH3 is 1. The van der Waals surface area contributed by atoms with Gasteiger partial charge in [0.15, 0.2) is 17.5 Å². The van der Waals surface area contributed by atoms with Crippen molar-refractivity contribution in [2.45, 2.75) is 12.8 Å². The normalized spacial score (nSPS) is 13.5. The van der Waals surface area contributed by atoms with Crippen molar-refractivity contribution >= 4 is 47.0 Å². The number of hydrogen-bond donors (Lipinski definition) is 2. The summed E-state index contributed by atoms with van der Waals surface area (Å²) in [7, 11) is 3.80. The summed E-state index contributed by atoms with van der Waals surface area (Å²) in [5.74, 6) is 2.33. The number of aliphatic imine (C=N–C) groups is 1. The number of halogens is 1. The molecular formula is C22H33IN4O3S. The monoisotopic (exact) mass is 560 g/mol. The maximum atomic E-state index is 5.81. The van der Waals surface area contributed by atoms with Gasteiger partial charge in [-0.3, -0.25) is 4.99 Å². The lowest BCUT2D eigenvalue weighted by Gasteiger charge is -2.17. The van der Waals surface area contributed by atoms with E-state index in [1.54, 1.807) is 18.4 Å². The Kier molecular flexibility index (Phi) is 12.0. The molecule has 0 spiro atoms. The van der Waals surface area contributed by atoms with Gasteiger partial charge < -0.3 is 29.7 Å². The van der Waals surface area contributed by atoms with Crippen molar-refractivity contribution in [3.8, 4) is 11.5 Å². The number of guanidine groups is 1. The maximum absolute atomic E-state index is 5.81. The molecule has 0 radical (unpaired) electrons. The molecule has 31 heavy (non-hydrogen) atoms. The number of rotatable bonds is 10. The van der Waals surface area contributed by atoms with Crippen LogP contribution in [0.5, 0.6) is 11.5 Å². The van der Waals surface area contributed by atoms with Crippen LogP contribution in [0.15, 0.2) is 40.7 Å². The van der Waals surface area contributed by atoms with E-state index in [9.17, 15) is 0 Å². The molecule has 2 heterocycles. The Morgan fingerprint density at radius 1 is 1.19 bits per heavy atom. The molecule has 9 heteroatoms. The average Bonchev–Trinajstić information content (AvgIpc) is 3.15. The molecule has 0 fully saturated rings. The molecule has 0 atom stereocenters. The Morgan fingerprint density at radius 2 is 2.03 bits per heavy atom. The largest absolute Gasteiger partial charge is 0.490 e. The van der Waals surface area contributed by atoms with Gasteiger partial charge in [0.1, 0.15) is 0 Å². The summed E-state index contributed by atoms with van der Waals surface area (Å²) < 4.78 is 16.7.